The van der Waals surface area contributed by atoms with Crippen LogP contribution < -0.4 is 14.8 Å². The Balaban J connectivity index is 2.08. The number of benzene rings is 1. The fourth-order valence-corrected chi connectivity index (χ4v) is 1.98. The highest BCUT2D eigenvalue weighted by Crippen LogP contribution is 2.38. The third-order valence-corrected chi connectivity index (χ3v) is 2.92. The molecule has 0 saturated carbocycles. The highest BCUT2D eigenvalue weighted by atomic mass is 35.5. The van der Waals surface area contributed by atoms with Gasteiger partial charge in [0, 0.05) is 24.8 Å². The van der Waals surface area contributed by atoms with Gasteiger partial charge in [-0.05, 0) is 13.8 Å². The smallest absolute Gasteiger partial charge is 0.163 e. The van der Waals surface area contributed by atoms with Crippen LogP contribution in [0.25, 0.3) is 0 Å². The standard InChI is InChI=1S/C13H18ClNO3/c1-3-16-8-9(2)15-11-7-13-12(6-10(11)14)17-4-5-18-13/h6-7,9,15H,3-5,8H2,1-2H3. The zero-order valence-corrected chi connectivity index (χ0v) is 11.4. The summed E-state index contributed by atoms with van der Waals surface area (Å²) in [6.07, 6.45) is 0. The minimum absolute atomic E-state index is 0.185. The summed E-state index contributed by atoms with van der Waals surface area (Å²) in [7, 11) is 0. The van der Waals surface area contributed by atoms with Crippen molar-refractivity contribution in [2.45, 2.75) is 19.9 Å². The number of rotatable bonds is 5. The molecule has 1 unspecified atom stereocenters. The number of nitrogens with one attached hydrogen (secondary N) is 1. The summed E-state index contributed by atoms with van der Waals surface area (Å²) in [5, 5.41) is 3.93. The molecule has 0 aromatic heterocycles. The van der Waals surface area contributed by atoms with Crippen molar-refractivity contribution >= 4 is 17.3 Å². The first-order valence-electron chi connectivity index (χ1n) is 6.14. The van der Waals surface area contributed by atoms with Gasteiger partial charge in [0.15, 0.2) is 11.5 Å². The summed E-state index contributed by atoms with van der Waals surface area (Å²) in [6, 6.07) is 3.84. The number of anilines is 1. The zero-order valence-electron chi connectivity index (χ0n) is 10.7. The van der Waals surface area contributed by atoms with Crippen LogP contribution in [0.1, 0.15) is 13.8 Å². The second-order valence-corrected chi connectivity index (χ2v) is 4.59. The lowest BCUT2D eigenvalue weighted by Gasteiger charge is -2.22. The van der Waals surface area contributed by atoms with Crippen molar-refractivity contribution in [3.8, 4) is 11.5 Å². The second-order valence-electron chi connectivity index (χ2n) is 4.18. The molecule has 1 aliphatic rings. The van der Waals surface area contributed by atoms with E-state index in [1.807, 2.05) is 19.9 Å². The monoisotopic (exact) mass is 271 g/mol. The maximum Gasteiger partial charge on any atom is 0.163 e. The number of fused-ring (bicyclic) bond motifs is 1. The first-order chi connectivity index (χ1) is 8.70. The number of hydrogen-bond donors (Lipinski definition) is 1. The third kappa shape index (κ3) is 3.21. The van der Waals surface area contributed by atoms with Gasteiger partial charge in [-0.25, -0.2) is 0 Å². The number of halogens is 1. The van der Waals surface area contributed by atoms with Gasteiger partial charge in [-0.15, -0.1) is 0 Å². The van der Waals surface area contributed by atoms with Crippen molar-refractivity contribution in [2.24, 2.45) is 0 Å². The molecule has 1 aromatic carbocycles. The predicted molar refractivity (Wildman–Crippen MR) is 72.0 cm³/mol. The van der Waals surface area contributed by atoms with Gasteiger partial charge in [0.1, 0.15) is 13.2 Å². The van der Waals surface area contributed by atoms with Gasteiger partial charge in [-0.2, -0.15) is 0 Å². The minimum Gasteiger partial charge on any atom is -0.486 e. The van der Waals surface area contributed by atoms with Crippen molar-refractivity contribution in [1.82, 2.24) is 0 Å². The average molecular weight is 272 g/mol. The van der Waals surface area contributed by atoms with E-state index in [2.05, 4.69) is 5.32 Å². The topological polar surface area (TPSA) is 39.7 Å². The molecule has 0 amide bonds. The Bertz CT molecular complexity index is 411. The Hall–Kier alpha value is -1.13. The Labute approximate surface area is 112 Å². The Kier molecular flexibility index (Phi) is 4.55. The van der Waals surface area contributed by atoms with Crippen molar-refractivity contribution in [3.63, 3.8) is 0 Å². The Morgan fingerprint density at radius 3 is 2.67 bits per heavy atom. The van der Waals surface area contributed by atoms with Crippen LogP contribution in [0.2, 0.25) is 5.02 Å². The lowest BCUT2D eigenvalue weighted by molar-refractivity contribution is 0.141. The molecule has 0 fully saturated rings. The van der Waals surface area contributed by atoms with E-state index in [1.165, 1.54) is 0 Å². The van der Waals surface area contributed by atoms with Crippen LogP contribution in [-0.4, -0.2) is 32.5 Å². The quantitative estimate of drug-likeness (QED) is 0.894. The first kappa shape index (κ1) is 13.3. The summed E-state index contributed by atoms with van der Waals surface area (Å²) < 4.78 is 16.4. The summed E-state index contributed by atoms with van der Waals surface area (Å²) in [5.41, 5.74) is 0.841. The van der Waals surface area contributed by atoms with E-state index in [0.717, 1.165) is 11.4 Å². The fraction of sp³-hybridized carbons (Fsp3) is 0.538. The van der Waals surface area contributed by atoms with Crippen molar-refractivity contribution in [3.05, 3.63) is 17.2 Å². The molecule has 0 spiro atoms. The molecule has 1 heterocycles. The summed E-state index contributed by atoms with van der Waals surface area (Å²) in [5.74, 6) is 1.44. The molecule has 5 heteroatoms. The zero-order chi connectivity index (χ0) is 13.0. The van der Waals surface area contributed by atoms with Gasteiger partial charge in [0.25, 0.3) is 0 Å². The number of hydrogen-bond acceptors (Lipinski definition) is 4. The summed E-state index contributed by atoms with van der Waals surface area (Å²) >= 11 is 6.20. The molecule has 100 valence electrons. The number of ether oxygens (including phenoxy) is 3. The van der Waals surface area contributed by atoms with E-state index in [-0.39, 0.29) is 6.04 Å². The normalized spacial score (nSPS) is 15.3. The van der Waals surface area contributed by atoms with E-state index >= 15 is 0 Å². The molecule has 0 bridgehead atoms. The molecule has 0 aliphatic carbocycles. The molecule has 1 atom stereocenters. The highest BCUT2D eigenvalue weighted by molar-refractivity contribution is 6.33. The van der Waals surface area contributed by atoms with Crippen molar-refractivity contribution < 1.29 is 14.2 Å². The second kappa shape index (κ2) is 6.16. The molecule has 4 nitrogen and oxygen atoms in total. The van der Waals surface area contributed by atoms with E-state index in [0.29, 0.717) is 37.2 Å². The predicted octanol–water partition coefficient (Wildman–Crippen LogP) is 2.95. The van der Waals surface area contributed by atoms with Gasteiger partial charge >= 0.3 is 0 Å². The van der Waals surface area contributed by atoms with Gasteiger partial charge in [-0.1, -0.05) is 11.6 Å². The van der Waals surface area contributed by atoms with E-state index in [1.54, 1.807) is 6.07 Å². The van der Waals surface area contributed by atoms with Crippen LogP contribution in [0.4, 0.5) is 5.69 Å². The molecular formula is C13H18ClNO3. The van der Waals surface area contributed by atoms with Crippen molar-refractivity contribution in [2.75, 3.05) is 31.7 Å². The lowest BCUT2D eigenvalue weighted by atomic mass is 10.2. The van der Waals surface area contributed by atoms with Crippen molar-refractivity contribution in [1.29, 1.82) is 0 Å². The highest BCUT2D eigenvalue weighted by Gasteiger charge is 2.15. The van der Waals surface area contributed by atoms with Crippen LogP contribution in [0.5, 0.6) is 11.5 Å². The maximum absolute atomic E-state index is 6.20. The van der Waals surface area contributed by atoms with Gasteiger partial charge in [0.05, 0.1) is 17.3 Å². The molecular weight excluding hydrogens is 254 g/mol. The average Bonchev–Trinajstić information content (AvgIpc) is 2.37. The van der Waals surface area contributed by atoms with Gasteiger partial charge in [-0.3, -0.25) is 0 Å². The molecule has 1 aliphatic heterocycles. The largest absolute Gasteiger partial charge is 0.486 e. The molecule has 1 aromatic rings. The van der Waals surface area contributed by atoms with Gasteiger partial charge < -0.3 is 19.5 Å². The maximum atomic E-state index is 6.20. The minimum atomic E-state index is 0.185. The summed E-state index contributed by atoms with van der Waals surface area (Å²) in [4.78, 5) is 0. The van der Waals surface area contributed by atoms with E-state index in [4.69, 9.17) is 25.8 Å². The molecule has 18 heavy (non-hydrogen) atoms. The molecule has 0 saturated heterocycles. The Morgan fingerprint density at radius 1 is 1.33 bits per heavy atom. The van der Waals surface area contributed by atoms with E-state index in [9.17, 15) is 0 Å². The van der Waals surface area contributed by atoms with Crippen LogP contribution in [0.15, 0.2) is 12.1 Å². The molecule has 2 rings (SSSR count). The molecule has 1 N–H and O–H groups in total. The fourth-order valence-electron chi connectivity index (χ4n) is 1.78. The van der Waals surface area contributed by atoms with Crippen LogP contribution in [0.3, 0.4) is 0 Å². The van der Waals surface area contributed by atoms with Gasteiger partial charge in [0.2, 0.25) is 0 Å². The summed E-state index contributed by atoms with van der Waals surface area (Å²) in [6.45, 7) is 6.51. The Morgan fingerprint density at radius 2 is 2.00 bits per heavy atom. The van der Waals surface area contributed by atoms with E-state index < -0.39 is 0 Å². The van der Waals surface area contributed by atoms with Crippen LogP contribution in [0, 0.1) is 0 Å². The van der Waals surface area contributed by atoms with Crippen LogP contribution >= 0.6 is 11.6 Å². The van der Waals surface area contributed by atoms with Crippen LogP contribution in [-0.2, 0) is 4.74 Å². The third-order valence-electron chi connectivity index (χ3n) is 2.61. The lowest BCUT2D eigenvalue weighted by Crippen LogP contribution is -2.22. The first-order valence-corrected chi connectivity index (χ1v) is 6.52. The molecule has 0 radical (unpaired) electrons. The SMILES string of the molecule is CCOCC(C)Nc1cc2c(cc1Cl)OCCO2.